The maximum atomic E-state index is 2.42. The Balaban J connectivity index is 2.28. The van der Waals surface area contributed by atoms with Crippen molar-refractivity contribution in [1.29, 1.82) is 0 Å². The minimum absolute atomic E-state index is 0.137. The minimum atomic E-state index is 0.137. The lowest BCUT2D eigenvalue weighted by molar-refractivity contribution is 0.569. The van der Waals surface area contributed by atoms with Gasteiger partial charge in [-0.05, 0) is 62.6 Å². The van der Waals surface area contributed by atoms with Crippen LogP contribution in [0.4, 0.5) is 0 Å². The standard InChI is InChI=1S/C27H35/c1-9-18-14-19-12-11-13-24(25(19)23(18)10-2)20-15-21(26(3,4)5)17-22(16-20)27(6,7)8/h11-17H,9-10H2,1-8H3. The maximum Gasteiger partial charge on any atom is 0.0167 e. The van der Waals surface area contributed by atoms with Gasteiger partial charge in [-0.15, -0.1) is 0 Å². The van der Waals surface area contributed by atoms with Crippen LogP contribution in [0.25, 0.3) is 16.7 Å². The molecule has 0 aromatic heterocycles. The molecule has 0 heterocycles. The zero-order valence-corrected chi connectivity index (χ0v) is 18.5. The van der Waals surface area contributed by atoms with E-state index in [1.807, 2.05) is 0 Å². The Morgan fingerprint density at radius 1 is 0.741 bits per heavy atom. The molecule has 143 valence electrons. The Morgan fingerprint density at radius 2 is 1.33 bits per heavy atom. The first kappa shape index (κ1) is 19.9. The van der Waals surface area contributed by atoms with Crippen LogP contribution in [0.3, 0.4) is 0 Å². The normalized spacial score (nSPS) is 14.7. The second kappa shape index (κ2) is 6.97. The van der Waals surface area contributed by atoms with Gasteiger partial charge >= 0.3 is 0 Å². The molecule has 0 fully saturated rings. The first-order chi connectivity index (χ1) is 12.6. The molecule has 1 radical (unpaired) electrons. The van der Waals surface area contributed by atoms with E-state index in [2.05, 4.69) is 98.2 Å². The van der Waals surface area contributed by atoms with Crippen molar-refractivity contribution in [2.24, 2.45) is 0 Å². The Morgan fingerprint density at radius 3 is 1.81 bits per heavy atom. The summed E-state index contributed by atoms with van der Waals surface area (Å²) in [5.41, 5.74) is 11.7. The Kier molecular flexibility index (Phi) is 5.14. The van der Waals surface area contributed by atoms with Gasteiger partial charge in [0.15, 0.2) is 0 Å². The van der Waals surface area contributed by atoms with Crippen LogP contribution < -0.4 is 0 Å². The number of hydrogen-bond donors (Lipinski definition) is 0. The summed E-state index contributed by atoms with van der Waals surface area (Å²) >= 11 is 0. The molecule has 0 atom stereocenters. The van der Waals surface area contributed by atoms with Crippen LogP contribution in [0.15, 0.2) is 42.0 Å². The van der Waals surface area contributed by atoms with Gasteiger partial charge in [-0.2, -0.15) is 0 Å². The second-order valence-corrected chi connectivity index (χ2v) is 9.92. The molecular formula is C27H35. The summed E-state index contributed by atoms with van der Waals surface area (Å²) in [5, 5.41) is 0. The second-order valence-electron chi connectivity index (χ2n) is 9.92. The van der Waals surface area contributed by atoms with Gasteiger partial charge in [0, 0.05) is 6.42 Å². The molecule has 2 aromatic rings. The van der Waals surface area contributed by atoms with Gasteiger partial charge in [0.2, 0.25) is 0 Å². The van der Waals surface area contributed by atoms with Crippen LogP contribution in [0.1, 0.15) is 90.5 Å². The highest BCUT2D eigenvalue weighted by atomic mass is 14.3. The summed E-state index contributed by atoms with van der Waals surface area (Å²) in [6, 6.07) is 14.1. The van der Waals surface area contributed by atoms with E-state index in [4.69, 9.17) is 0 Å². The van der Waals surface area contributed by atoms with E-state index in [9.17, 15) is 0 Å². The lowest BCUT2D eigenvalue weighted by Crippen LogP contribution is -2.16. The van der Waals surface area contributed by atoms with E-state index in [-0.39, 0.29) is 10.8 Å². The van der Waals surface area contributed by atoms with Crippen molar-refractivity contribution in [2.45, 2.75) is 79.1 Å². The Bertz CT molecular complexity index is 847. The average molecular weight is 360 g/mol. The van der Waals surface area contributed by atoms with Gasteiger partial charge in [0.25, 0.3) is 0 Å². The molecule has 3 rings (SSSR count). The smallest absolute Gasteiger partial charge is 0.0167 e. The molecular weight excluding hydrogens is 324 g/mol. The zero-order chi connectivity index (χ0) is 20.0. The minimum Gasteiger partial charge on any atom is -0.0616 e. The molecule has 0 N–H and O–H groups in total. The van der Waals surface area contributed by atoms with Crippen molar-refractivity contribution in [3.05, 3.63) is 70.6 Å². The van der Waals surface area contributed by atoms with Gasteiger partial charge in [-0.3, -0.25) is 0 Å². The van der Waals surface area contributed by atoms with Crippen molar-refractivity contribution < 1.29 is 0 Å². The first-order valence-electron chi connectivity index (χ1n) is 10.4. The number of rotatable bonds is 3. The molecule has 0 aliphatic heterocycles. The van der Waals surface area contributed by atoms with Crippen LogP contribution in [0, 0.1) is 6.42 Å². The topological polar surface area (TPSA) is 0 Å². The molecule has 0 unspecified atom stereocenters. The van der Waals surface area contributed by atoms with Crippen molar-refractivity contribution in [2.75, 3.05) is 0 Å². The molecule has 1 aliphatic rings. The van der Waals surface area contributed by atoms with Gasteiger partial charge in [-0.1, -0.05) is 97.4 Å². The summed E-state index contributed by atoms with van der Waals surface area (Å²) < 4.78 is 0. The number of hydrogen-bond acceptors (Lipinski definition) is 0. The van der Waals surface area contributed by atoms with E-state index in [1.54, 1.807) is 0 Å². The van der Waals surface area contributed by atoms with E-state index in [0.29, 0.717) is 0 Å². The van der Waals surface area contributed by atoms with Crippen LogP contribution >= 0.6 is 0 Å². The number of benzene rings is 2. The fraction of sp³-hybridized carbons (Fsp3) is 0.444. The van der Waals surface area contributed by atoms with E-state index < -0.39 is 0 Å². The van der Waals surface area contributed by atoms with Gasteiger partial charge in [-0.25, -0.2) is 0 Å². The third-order valence-corrected chi connectivity index (χ3v) is 5.83. The lowest BCUT2D eigenvalue weighted by atomic mass is 9.78. The molecule has 27 heavy (non-hydrogen) atoms. The van der Waals surface area contributed by atoms with Crippen LogP contribution in [0.5, 0.6) is 0 Å². The van der Waals surface area contributed by atoms with Crippen molar-refractivity contribution in [1.82, 2.24) is 0 Å². The highest BCUT2D eigenvalue weighted by Crippen LogP contribution is 2.44. The predicted octanol–water partition coefficient (Wildman–Crippen LogP) is 8.09. The summed E-state index contributed by atoms with van der Waals surface area (Å²) in [7, 11) is 0. The molecule has 0 saturated heterocycles. The molecule has 0 saturated carbocycles. The third kappa shape index (κ3) is 3.77. The molecule has 0 amide bonds. The third-order valence-electron chi connectivity index (χ3n) is 5.83. The zero-order valence-electron chi connectivity index (χ0n) is 18.5. The van der Waals surface area contributed by atoms with Crippen LogP contribution in [-0.2, 0) is 10.8 Å². The molecule has 0 bridgehead atoms. The quantitative estimate of drug-likeness (QED) is 0.519. The van der Waals surface area contributed by atoms with E-state index in [1.165, 1.54) is 44.5 Å². The number of fused-ring (bicyclic) bond motifs is 1. The monoisotopic (exact) mass is 359 g/mol. The summed E-state index contributed by atoms with van der Waals surface area (Å²) in [6.45, 7) is 18.4. The molecule has 0 nitrogen and oxygen atoms in total. The maximum absolute atomic E-state index is 2.42. The fourth-order valence-electron chi connectivity index (χ4n) is 4.07. The van der Waals surface area contributed by atoms with Gasteiger partial charge in [0.05, 0.1) is 0 Å². The molecule has 0 heteroatoms. The van der Waals surface area contributed by atoms with Crippen molar-refractivity contribution >= 4 is 5.57 Å². The van der Waals surface area contributed by atoms with Crippen molar-refractivity contribution in [3.8, 4) is 11.1 Å². The Hall–Kier alpha value is -1.82. The van der Waals surface area contributed by atoms with Crippen LogP contribution in [-0.4, -0.2) is 0 Å². The Labute approximate surface area is 166 Å². The van der Waals surface area contributed by atoms with Gasteiger partial charge < -0.3 is 0 Å². The van der Waals surface area contributed by atoms with Crippen LogP contribution in [0.2, 0.25) is 0 Å². The SMILES string of the molecule is CCC1=C(CC)c2c(cccc2-c2cc(C(C)(C)C)cc(C(C)(C)C)c2)[CH]1. The summed E-state index contributed by atoms with van der Waals surface area (Å²) in [4.78, 5) is 0. The fourth-order valence-corrected chi connectivity index (χ4v) is 4.07. The highest BCUT2D eigenvalue weighted by molar-refractivity contribution is 5.90. The summed E-state index contributed by atoms with van der Waals surface area (Å²) in [6.07, 6.45) is 4.59. The van der Waals surface area contributed by atoms with E-state index >= 15 is 0 Å². The lowest BCUT2D eigenvalue weighted by Gasteiger charge is -2.27. The largest absolute Gasteiger partial charge is 0.0616 e. The molecule has 2 aromatic carbocycles. The average Bonchev–Trinajstić information content (AvgIpc) is 2.97. The highest BCUT2D eigenvalue weighted by Gasteiger charge is 2.25. The van der Waals surface area contributed by atoms with Crippen molar-refractivity contribution in [3.63, 3.8) is 0 Å². The van der Waals surface area contributed by atoms with Gasteiger partial charge in [0.1, 0.15) is 0 Å². The molecule has 0 spiro atoms. The predicted molar refractivity (Wildman–Crippen MR) is 120 cm³/mol. The van der Waals surface area contributed by atoms with E-state index in [0.717, 1.165) is 12.8 Å². The number of allylic oxidation sites excluding steroid dienone is 2. The molecule has 1 aliphatic carbocycles. The first-order valence-corrected chi connectivity index (χ1v) is 10.4. The summed E-state index contributed by atoms with van der Waals surface area (Å²) in [5.74, 6) is 0.